The smallest absolute Gasteiger partial charge is 0.484 e. The molecule has 1 saturated carbocycles. The molecular weight excluding hydrogens is 408 g/mol. The van der Waals surface area contributed by atoms with E-state index in [0.29, 0.717) is 17.7 Å². The lowest BCUT2D eigenvalue weighted by atomic mass is 9.77. The number of amides is 1. The average molecular weight is 427 g/mol. The molecule has 2 bridgehead atoms. The molecule has 6 nitrogen and oxygen atoms in total. The lowest BCUT2D eigenvalue weighted by Gasteiger charge is -2.43. The van der Waals surface area contributed by atoms with Gasteiger partial charge in [-0.05, 0) is 37.3 Å². The summed E-state index contributed by atoms with van der Waals surface area (Å²) in [6.45, 7) is 0.862. The van der Waals surface area contributed by atoms with Gasteiger partial charge < -0.3 is 20.5 Å². The third-order valence-electron chi connectivity index (χ3n) is 4.51. The fraction of sp³-hybridized carbons (Fsp3) is 0.529. The Labute approximate surface area is 163 Å². The zero-order chi connectivity index (χ0) is 20.9. The average Bonchev–Trinajstić information content (AvgIpc) is 2.63. The number of hydrogen-bond donors (Lipinski definition) is 3. The number of aliphatic carboxylic acids is 1. The van der Waals surface area contributed by atoms with Gasteiger partial charge in [0, 0.05) is 24.7 Å². The number of hydrogen-bond acceptors (Lipinski definition) is 4. The van der Waals surface area contributed by atoms with Crippen LogP contribution < -0.4 is 15.4 Å². The second-order valence-electron chi connectivity index (χ2n) is 6.52. The van der Waals surface area contributed by atoms with Gasteiger partial charge in [0.2, 0.25) is 0 Å². The van der Waals surface area contributed by atoms with Gasteiger partial charge >= 0.3 is 12.1 Å². The predicted octanol–water partition coefficient (Wildman–Crippen LogP) is 2.75. The standard InChI is InChI=1S/C15H18ClFN2O2.C2HF3O2/c16-12-4-3-11(6-13(12)17)21-8-15(20)19-14-5-10-2-1-9(14)7-18-10;3-2(4,5)1(6)7/h3-4,6,9-10,14,18H,1-2,5,7-8H2,(H,19,20);(H,6,7). The summed E-state index contributed by atoms with van der Waals surface area (Å²) in [5.74, 6) is -2.66. The summed E-state index contributed by atoms with van der Waals surface area (Å²) in [5.41, 5.74) is 0. The van der Waals surface area contributed by atoms with Crippen molar-refractivity contribution in [3.05, 3.63) is 29.0 Å². The number of fused-ring (bicyclic) bond motifs is 3. The molecule has 3 N–H and O–H groups in total. The lowest BCUT2D eigenvalue weighted by molar-refractivity contribution is -0.192. The van der Waals surface area contributed by atoms with E-state index >= 15 is 0 Å². The molecule has 1 aromatic carbocycles. The van der Waals surface area contributed by atoms with Crippen molar-refractivity contribution in [2.24, 2.45) is 5.92 Å². The number of halogens is 5. The first-order valence-corrected chi connectivity index (χ1v) is 8.84. The highest BCUT2D eigenvalue weighted by molar-refractivity contribution is 6.30. The van der Waals surface area contributed by atoms with Crippen LogP contribution in [0.25, 0.3) is 0 Å². The summed E-state index contributed by atoms with van der Waals surface area (Å²) in [4.78, 5) is 20.8. The van der Waals surface area contributed by atoms with Crippen LogP contribution in [-0.4, -0.2) is 48.4 Å². The highest BCUT2D eigenvalue weighted by atomic mass is 35.5. The molecule has 2 aliphatic heterocycles. The predicted molar refractivity (Wildman–Crippen MR) is 91.7 cm³/mol. The van der Waals surface area contributed by atoms with Crippen LogP contribution in [0.2, 0.25) is 5.02 Å². The van der Waals surface area contributed by atoms with Crippen LogP contribution in [0.3, 0.4) is 0 Å². The fourth-order valence-electron chi connectivity index (χ4n) is 3.12. The van der Waals surface area contributed by atoms with Gasteiger partial charge in [-0.2, -0.15) is 13.2 Å². The third kappa shape index (κ3) is 6.52. The van der Waals surface area contributed by atoms with E-state index in [1.807, 2.05) is 0 Å². The van der Waals surface area contributed by atoms with E-state index < -0.39 is 18.0 Å². The second-order valence-corrected chi connectivity index (χ2v) is 6.93. The number of carbonyl (C=O) groups excluding carboxylic acids is 1. The number of piperidine rings is 2. The van der Waals surface area contributed by atoms with Gasteiger partial charge in [0.25, 0.3) is 5.91 Å². The molecule has 2 heterocycles. The molecule has 3 aliphatic rings. The number of rotatable bonds is 4. The van der Waals surface area contributed by atoms with Crippen molar-refractivity contribution in [3.63, 3.8) is 0 Å². The molecule has 2 saturated heterocycles. The minimum atomic E-state index is -5.08. The molecule has 28 heavy (non-hydrogen) atoms. The van der Waals surface area contributed by atoms with Gasteiger partial charge in [-0.3, -0.25) is 4.79 Å². The van der Waals surface area contributed by atoms with Gasteiger partial charge in [-0.1, -0.05) is 11.6 Å². The number of carbonyl (C=O) groups is 2. The molecule has 0 radical (unpaired) electrons. The Kier molecular flexibility index (Phi) is 7.48. The first kappa shape index (κ1) is 22.2. The van der Waals surface area contributed by atoms with Crippen LogP contribution in [0.1, 0.15) is 19.3 Å². The molecule has 1 amide bonds. The summed E-state index contributed by atoms with van der Waals surface area (Å²) in [6, 6.07) is 4.89. The molecule has 3 atom stereocenters. The van der Waals surface area contributed by atoms with E-state index in [1.54, 1.807) is 6.07 Å². The number of carboxylic acid groups (broad SMARTS) is 1. The monoisotopic (exact) mass is 426 g/mol. The maximum absolute atomic E-state index is 13.3. The summed E-state index contributed by atoms with van der Waals surface area (Å²) >= 11 is 5.59. The number of nitrogens with one attached hydrogen (secondary N) is 2. The van der Waals surface area contributed by atoms with Crippen molar-refractivity contribution in [3.8, 4) is 5.75 Å². The van der Waals surface area contributed by atoms with Crippen LogP contribution in [0.15, 0.2) is 18.2 Å². The molecule has 11 heteroatoms. The summed E-state index contributed by atoms with van der Waals surface area (Å²) in [7, 11) is 0. The largest absolute Gasteiger partial charge is 0.490 e. The SMILES string of the molecule is O=C(COc1ccc(Cl)c(F)c1)NC1CC2CCC1CN2.O=C(O)C(F)(F)F. The Balaban J connectivity index is 0.000000345. The van der Waals surface area contributed by atoms with E-state index in [4.69, 9.17) is 26.2 Å². The first-order chi connectivity index (χ1) is 13.1. The topological polar surface area (TPSA) is 87.7 Å². The molecule has 4 rings (SSSR count). The zero-order valence-corrected chi connectivity index (χ0v) is 15.3. The highest BCUT2D eigenvalue weighted by Crippen LogP contribution is 2.29. The summed E-state index contributed by atoms with van der Waals surface area (Å²) < 4.78 is 50.3. The Morgan fingerprint density at radius 2 is 2.00 bits per heavy atom. The van der Waals surface area contributed by atoms with Crippen LogP contribution in [0.5, 0.6) is 5.75 Å². The maximum atomic E-state index is 13.3. The van der Waals surface area contributed by atoms with Crippen molar-refractivity contribution in [2.45, 2.75) is 37.5 Å². The number of benzene rings is 1. The molecular formula is C17H19ClF4N2O4. The molecule has 156 valence electrons. The molecule has 0 aromatic heterocycles. The van der Waals surface area contributed by atoms with Gasteiger partial charge in [0.15, 0.2) is 6.61 Å². The molecule has 3 fully saturated rings. The minimum Gasteiger partial charge on any atom is -0.484 e. The van der Waals surface area contributed by atoms with Crippen LogP contribution in [0.4, 0.5) is 17.6 Å². The van der Waals surface area contributed by atoms with E-state index in [0.717, 1.165) is 19.4 Å². The van der Waals surface area contributed by atoms with Crippen molar-refractivity contribution >= 4 is 23.5 Å². The van der Waals surface area contributed by atoms with Gasteiger partial charge in [-0.25, -0.2) is 9.18 Å². The molecule has 3 unspecified atom stereocenters. The summed E-state index contributed by atoms with van der Waals surface area (Å²) in [5, 5.41) is 13.6. The van der Waals surface area contributed by atoms with Crippen molar-refractivity contribution < 1.29 is 37.0 Å². The second kappa shape index (κ2) is 9.42. The first-order valence-electron chi connectivity index (χ1n) is 8.47. The Morgan fingerprint density at radius 3 is 2.46 bits per heavy atom. The van der Waals surface area contributed by atoms with Gasteiger partial charge in [0.05, 0.1) is 5.02 Å². The molecule has 1 aromatic rings. The Hall–Kier alpha value is -2.07. The van der Waals surface area contributed by atoms with Gasteiger partial charge in [0.1, 0.15) is 11.6 Å². The number of ether oxygens (including phenoxy) is 1. The number of carboxylic acids is 1. The van der Waals surface area contributed by atoms with E-state index in [9.17, 15) is 22.4 Å². The normalized spacial score (nSPS) is 23.4. The fourth-order valence-corrected chi connectivity index (χ4v) is 3.24. The maximum Gasteiger partial charge on any atom is 0.490 e. The number of alkyl halides is 3. The molecule has 1 aliphatic carbocycles. The van der Waals surface area contributed by atoms with Gasteiger partial charge in [-0.15, -0.1) is 0 Å². The van der Waals surface area contributed by atoms with E-state index in [2.05, 4.69) is 10.6 Å². The lowest BCUT2D eigenvalue weighted by Crippen LogP contribution is -2.57. The van der Waals surface area contributed by atoms with Crippen LogP contribution in [-0.2, 0) is 9.59 Å². The Morgan fingerprint density at radius 1 is 1.32 bits per heavy atom. The van der Waals surface area contributed by atoms with Crippen LogP contribution in [0, 0.1) is 11.7 Å². The summed E-state index contributed by atoms with van der Waals surface area (Å²) in [6.07, 6.45) is -1.75. The van der Waals surface area contributed by atoms with E-state index in [-0.39, 0.29) is 23.6 Å². The third-order valence-corrected chi connectivity index (χ3v) is 4.82. The van der Waals surface area contributed by atoms with Crippen molar-refractivity contribution in [1.82, 2.24) is 10.6 Å². The molecule has 0 spiro atoms. The Bertz CT molecular complexity index is 709. The van der Waals surface area contributed by atoms with E-state index in [1.165, 1.54) is 18.6 Å². The quantitative estimate of drug-likeness (QED) is 0.644. The van der Waals surface area contributed by atoms with Crippen molar-refractivity contribution in [2.75, 3.05) is 13.2 Å². The van der Waals surface area contributed by atoms with Crippen LogP contribution >= 0.6 is 11.6 Å². The van der Waals surface area contributed by atoms with Crippen molar-refractivity contribution in [1.29, 1.82) is 0 Å². The highest BCUT2D eigenvalue weighted by Gasteiger charge is 2.38. The minimum absolute atomic E-state index is 0.0394. The zero-order valence-electron chi connectivity index (χ0n) is 14.6.